The SMILES string of the molecule is Cc1cncc(Oc2ncc(Cl)cc2[N+](=O)[O-])c1. The number of nitrogens with zero attached hydrogens (tertiary/aromatic N) is 3. The molecule has 0 aliphatic heterocycles. The monoisotopic (exact) mass is 265 g/mol. The normalized spacial score (nSPS) is 10.1. The summed E-state index contributed by atoms with van der Waals surface area (Å²) in [7, 11) is 0. The smallest absolute Gasteiger partial charge is 0.332 e. The minimum Gasteiger partial charge on any atom is -0.432 e. The first-order valence-electron chi connectivity index (χ1n) is 4.95. The summed E-state index contributed by atoms with van der Waals surface area (Å²) in [5.41, 5.74) is 0.591. The molecule has 6 nitrogen and oxygen atoms in total. The lowest BCUT2D eigenvalue weighted by Crippen LogP contribution is -1.96. The molecule has 7 heteroatoms. The van der Waals surface area contributed by atoms with Crippen LogP contribution < -0.4 is 4.74 Å². The zero-order valence-corrected chi connectivity index (χ0v) is 10.1. The molecule has 0 spiro atoms. The Morgan fingerprint density at radius 2 is 2.11 bits per heavy atom. The van der Waals surface area contributed by atoms with E-state index in [0.29, 0.717) is 5.75 Å². The summed E-state index contributed by atoms with van der Waals surface area (Å²) >= 11 is 5.65. The Labute approximate surface area is 107 Å². The number of hydrogen-bond donors (Lipinski definition) is 0. The van der Waals surface area contributed by atoms with E-state index in [1.807, 2.05) is 6.92 Å². The van der Waals surface area contributed by atoms with Gasteiger partial charge in [0.1, 0.15) is 5.75 Å². The van der Waals surface area contributed by atoms with E-state index in [1.165, 1.54) is 18.5 Å². The van der Waals surface area contributed by atoms with E-state index in [-0.39, 0.29) is 16.6 Å². The number of aromatic nitrogens is 2. The molecule has 0 saturated carbocycles. The number of nitro groups is 1. The Bertz CT molecular complexity index is 604. The molecule has 18 heavy (non-hydrogen) atoms. The van der Waals surface area contributed by atoms with Gasteiger partial charge in [-0.25, -0.2) is 4.98 Å². The van der Waals surface area contributed by atoms with Gasteiger partial charge in [0.25, 0.3) is 5.88 Å². The first-order valence-corrected chi connectivity index (χ1v) is 5.33. The third-order valence-electron chi connectivity index (χ3n) is 2.06. The summed E-state index contributed by atoms with van der Waals surface area (Å²) in [6.45, 7) is 1.84. The van der Waals surface area contributed by atoms with E-state index in [1.54, 1.807) is 12.3 Å². The molecule has 0 fully saturated rings. The number of rotatable bonds is 3. The van der Waals surface area contributed by atoms with Crippen molar-refractivity contribution < 1.29 is 9.66 Å². The van der Waals surface area contributed by atoms with Gasteiger partial charge in [0.05, 0.1) is 22.3 Å². The molecule has 2 aromatic rings. The van der Waals surface area contributed by atoms with Crippen LogP contribution in [-0.4, -0.2) is 14.9 Å². The second-order valence-corrected chi connectivity index (χ2v) is 3.97. The van der Waals surface area contributed by atoms with E-state index in [4.69, 9.17) is 16.3 Å². The summed E-state index contributed by atoms with van der Waals surface area (Å²) in [4.78, 5) is 18.0. The number of halogens is 1. The molecule has 0 aromatic carbocycles. The van der Waals surface area contributed by atoms with Crippen molar-refractivity contribution in [2.75, 3.05) is 0 Å². The number of pyridine rings is 2. The minimum atomic E-state index is -0.600. The van der Waals surface area contributed by atoms with Crippen LogP contribution in [-0.2, 0) is 0 Å². The summed E-state index contributed by atoms with van der Waals surface area (Å²) in [5.74, 6) is 0.268. The predicted molar refractivity (Wildman–Crippen MR) is 64.9 cm³/mol. The molecule has 0 N–H and O–H groups in total. The standard InChI is InChI=1S/C11H8ClN3O3/c1-7-2-9(6-13-4-7)18-11-10(15(16)17)3-8(12)5-14-11/h2-6H,1H3. The molecule has 0 bridgehead atoms. The minimum absolute atomic E-state index is 0.114. The van der Waals surface area contributed by atoms with Crippen molar-refractivity contribution >= 4 is 17.3 Å². The Kier molecular flexibility index (Phi) is 3.38. The van der Waals surface area contributed by atoms with Gasteiger partial charge in [-0.05, 0) is 18.6 Å². The Morgan fingerprint density at radius 3 is 2.78 bits per heavy atom. The van der Waals surface area contributed by atoms with Crippen LogP contribution in [0.4, 0.5) is 5.69 Å². The molecule has 92 valence electrons. The van der Waals surface area contributed by atoms with Crippen LogP contribution in [0.25, 0.3) is 0 Å². The van der Waals surface area contributed by atoms with Crippen molar-refractivity contribution in [2.24, 2.45) is 0 Å². The van der Waals surface area contributed by atoms with Gasteiger partial charge in [0, 0.05) is 12.3 Å². The fraction of sp³-hybridized carbons (Fsp3) is 0.0909. The second kappa shape index (κ2) is 4.97. The van der Waals surface area contributed by atoms with Crippen LogP contribution in [0, 0.1) is 17.0 Å². The fourth-order valence-electron chi connectivity index (χ4n) is 1.32. The maximum Gasteiger partial charge on any atom is 0.332 e. The highest BCUT2D eigenvalue weighted by Gasteiger charge is 2.18. The van der Waals surface area contributed by atoms with Crippen molar-refractivity contribution in [1.29, 1.82) is 0 Å². The van der Waals surface area contributed by atoms with Crippen LogP contribution in [0.3, 0.4) is 0 Å². The van der Waals surface area contributed by atoms with E-state index in [0.717, 1.165) is 5.56 Å². The summed E-state index contributed by atoms with van der Waals surface area (Å²) < 4.78 is 5.33. The molecule has 0 saturated heterocycles. The summed E-state index contributed by atoms with van der Waals surface area (Å²) in [5, 5.41) is 11.0. The zero-order valence-electron chi connectivity index (χ0n) is 9.33. The highest BCUT2D eigenvalue weighted by atomic mass is 35.5. The van der Waals surface area contributed by atoms with Crippen LogP contribution >= 0.6 is 11.6 Å². The molecular weight excluding hydrogens is 258 g/mol. The highest BCUT2D eigenvalue weighted by Crippen LogP contribution is 2.30. The van der Waals surface area contributed by atoms with Crippen molar-refractivity contribution in [2.45, 2.75) is 6.92 Å². The lowest BCUT2D eigenvalue weighted by atomic mass is 10.3. The molecule has 2 aromatic heterocycles. The molecule has 0 aliphatic carbocycles. The fourth-order valence-corrected chi connectivity index (χ4v) is 1.47. The molecule has 0 radical (unpaired) electrons. The first kappa shape index (κ1) is 12.3. The van der Waals surface area contributed by atoms with Gasteiger partial charge in [0.2, 0.25) is 0 Å². The topological polar surface area (TPSA) is 78.2 Å². The van der Waals surface area contributed by atoms with Gasteiger partial charge < -0.3 is 4.74 Å². The van der Waals surface area contributed by atoms with Gasteiger partial charge in [-0.1, -0.05) is 11.6 Å². The van der Waals surface area contributed by atoms with Gasteiger partial charge in [0.15, 0.2) is 0 Å². The lowest BCUT2D eigenvalue weighted by molar-refractivity contribution is -0.386. The van der Waals surface area contributed by atoms with Crippen LogP contribution in [0.1, 0.15) is 5.56 Å². The Balaban J connectivity index is 2.37. The summed E-state index contributed by atoms with van der Waals surface area (Å²) in [6.07, 6.45) is 4.39. The van der Waals surface area contributed by atoms with E-state index in [9.17, 15) is 10.1 Å². The lowest BCUT2D eigenvalue weighted by Gasteiger charge is -2.05. The van der Waals surface area contributed by atoms with Gasteiger partial charge in [-0.3, -0.25) is 15.1 Å². The molecule has 0 amide bonds. The quantitative estimate of drug-likeness (QED) is 0.629. The molecule has 2 rings (SSSR count). The van der Waals surface area contributed by atoms with Crippen molar-refractivity contribution in [1.82, 2.24) is 9.97 Å². The molecule has 0 aliphatic rings. The molecule has 0 unspecified atom stereocenters. The Morgan fingerprint density at radius 1 is 1.33 bits per heavy atom. The zero-order chi connectivity index (χ0) is 13.1. The number of hydrogen-bond acceptors (Lipinski definition) is 5. The van der Waals surface area contributed by atoms with Crippen LogP contribution in [0.15, 0.2) is 30.7 Å². The molecule has 2 heterocycles. The largest absolute Gasteiger partial charge is 0.432 e. The van der Waals surface area contributed by atoms with Crippen molar-refractivity contribution in [3.05, 3.63) is 51.4 Å². The van der Waals surface area contributed by atoms with Crippen LogP contribution in [0.2, 0.25) is 5.02 Å². The van der Waals surface area contributed by atoms with E-state index in [2.05, 4.69) is 9.97 Å². The highest BCUT2D eigenvalue weighted by molar-refractivity contribution is 6.30. The third kappa shape index (κ3) is 2.72. The maximum absolute atomic E-state index is 10.8. The van der Waals surface area contributed by atoms with Gasteiger partial charge in [-0.2, -0.15) is 0 Å². The van der Waals surface area contributed by atoms with Gasteiger partial charge >= 0.3 is 5.69 Å². The van der Waals surface area contributed by atoms with Crippen molar-refractivity contribution in [3.63, 3.8) is 0 Å². The average Bonchev–Trinajstić information content (AvgIpc) is 2.31. The summed E-state index contributed by atoms with van der Waals surface area (Å²) in [6, 6.07) is 2.89. The first-order chi connectivity index (χ1) is 8.56. The van der Waals surface area contributed by atoms with E-state index >= 15 is 0 Å². The third-order valence-corrected chi connectivity index (χ3v) is 2.27. The Hall–Kier alpha value is -2.21. The number of aryl methyl sites for hydroxylation is 1. The van der Waals surface area contributed by atoms with Gasteiger partial charge in [-0.15, -0.1) is 0 Å². The average molecular weight is 266 g/mol. The van der Waals surface area contributed by atoms with E-state index < -0.39 is 4.92 Å². The van der Waals surface area contributed by atoms with Crippen molar-refractivity contribution in [3.8, 4) is 11.6 Å². The second-order valence-electron chi connectivity index (χ2n) is 3.53. The van der Waals surface area contributed by atoms with Crippen LogP contribution in [0.5, 0.6) is 11.6 Å². The molecule has 0 atom stereocenters. The predicted octanol–water partition coefficient (Wildman–Crippen LogP) is 3.14. The number of ether oxygens (including phenoxy) is 1. The molecular formula is C11H8ClN3O3. The maximum atomic E-state index is 10.8.